The number of rotatable bonds is 8. The summed E-state index contributed by atoms with van der Waals surface area (Å²) in [5.41, 5.74) is 4.57. The van der Waals surface area contributed by atoms with Crippen molar-refractivity contribution in [1.29, 1.82) is 0 Å². The number of carbonyl (C=O) groups is 1. The molecule has 2 aromatic carbocycles. The molecule has 32 heavy (non-hydrogen) atoms. The fourth-order valence-electron chi connectivity index (χ4n) is 4.30. The third-order valence-corrected chi connectivity index (χ3v) is 5.99. The highest BCUT2D eigenvalue weighted by Crippen LogP contribution is 2.25. The Morgan fingerprint density at radius 1 is 1.09 bits per heavy atom. The Labute approximate surface area is 187 Å². The zero-order valence-electron chi connectivity index (χ0n) is 18.0. The molecule has 164 valence electrons. The van der Waals surface area contributed by atoms with Gasteiger partial charge in [0, 0.05) is 36.8 Å². The molecule has 0 radical (unpaired) electrons. The van der Waals surface area contributed by atoms with E-state index in [2.05, 4.69) is 44.0 Å². The van der Waals surface area contributed by atoms with Crippen LogP contribution in [0.4, 0.5) is 5.95 Å². The summed E-state index contributed by atoms with van der Waals surface area (Å²) >= 11 is 0. The summed E-state index contributed by atoms with van der Waals surface area (Å²) < 4.78 is 7.58. The molecule has 1 fully saturated rings. The van der Waals surface area contributed by atoms with Crippen molar-refractivity contribution in [1.82, 2.24) is 19.4 Å². The van der Waals surface area contributed by atoms with E-state index in [1.165, 1.54) is 0 Å². The van der Waals surface area contributed by atoms with Gasteiger partial charge in [-0.15, -0.1) is 0 Å². The smallest absolute Gasteiger partial charge is 0.204 e. The van der Waals surface area contributed by atoms with E-state index < -0.39 is 0 Å². The van der Waals surface area contributed by atoms with Crippen LogP contribution in [0.5, 0.6) is 0 Å². The summed E-state index contributed by atoms with van der Waals surface area (Å²) in [4.78, 5) is 23.3. The maximum Gasteiger partial charge on any atom is 0.204 e. The number of pyridine rings is 1. The molecule has 7 heteroatoms. The van der Waals surface area contributed by atoms with Gasteiger partial charge in [0.2, 0.25) is 5.95 Å². The lowest BCUT2D eigenvalue weighted by Gasteiger charge is -2.26. The number of imidazole rings is 1. The maximum absolute atomic E-state index is 11.4. The number of fused-ring (bicyclic) bond motifs is 2. The normalized spacial score (nSPS) is 14.8. The molecule has 0 spiro atoms. The van der Waals surface area contributed by atoms with E-state index in [4.69, 9.17) is 9.72 Å². The minimum atomic E-state index is 0.624. The summed E-state index contributed by atoms with van der Waals surface area (Å²) in [6.07, 6.45) is 3.73. The standard InChI is InChI=1S/C25H27N5O2/c31-18-19-7-8-22-23(16-19)30(17-21-5-1-4-20-6-2-9-26-24(20)21)25(28-22)27-10-3-11-29-12-14-32-15-13-29/h1-2,4-9,16,18H,3,10-15,17H2,(H,27,28). The maximum atomic E-state index is 11.4. The highest BCUT2D eigenvalue weighted by Gasteiger charge is 2.14. The first kappa shape index (κ1) is 20.6. The van der Waals surface area contributed by atoms with Gasteiger partial charge >= 0.3 is 0 Å². The van der Waals surface area contributed by atoms with Gasteiger partial charge in [-0.1, -0.05) is 24.3 Å². The monoisotopic (exact) mass is 429 g/mol. The van der Waals surface area contributed by atoms with Crippen LogP contribution < -0.4 is 5.32 Å². The number of ether oxygens (including phenoxy) is 1. The number of aromatic nitrogens is 3. The second-order valence-corrected chi connectivity index (χ2v) is 8.11. The molecule has 0 unspecified atom stereocenters. The van der Waals surface area contributed by atoms with Crippen molar-refractivity contribution in [2.75, 3.05) is 44.7 Å². The molecule has 0 saturated carbocycles. The van der Waals surface area contributed by atoms with Gasteiger partial charge in [0.25, 0.3) is 0 Å². The Morgan fingerprint density at radius 3 is 2.84 bits per heavy atom. The Morgan fingerprint density at radius 2 is 1.97 bits per heavy atom. The second kappa shape index (κ2) is 9.46. The molecule has 1 saturated heterocycles. The van der Waals surface area contributed by atoms with Crippen LogP contribution in [0, 0.1) is 0 Å². The average molecular weight is 430 g/mol. The predicted octanol–water partition coefficient (Wildman–Crippen LogP) is 3.58. The summed E-state index contributed by atoms with van der Waals surface area (Å²) in [5.74, 6) is 0.818. The summed E-state index contributed by atoms with van der Waals surface area (Å²) in [5, 5.41) is 4.65. The first-order chi connectivity index (χ1) is 15.8. The fourth-order valence-corrected chi connectivity index (χ4v) is 4.30. The predicted molar refractivity (Wildman–Crippen MR) is 126 cm³/mol. The van der Waals surface area contributed by atoms with Crippen molar-refractivity contribution in [2.45, 2.75) is 13.0 Å². The van der Waals surface area contributed by atoms with Crippen LogP contribution in [0.3, 0.4) is 0 Å². The number of nitrogens with zero attached hydrogens (tertiary/aromatic N) is 4. The molecule has 7 nitrogen and oxygen atoms in total. The van der Waals surface area contributed by atoms with Crippen molar-refractivity contribution >= 4 is 34.2 Å². The Bertz CT molecular complexity index is 1220. The summed E-state index contributed by atoms with van der Waals surface area (Å²) in [7, 11) is 0. The molecule has 4 aromatic rings. The first-order valence-electron chi connectivity index (χ1n) is 11.1. The topological polar surface area (TPSA) is 72.3 Å². The molecule has 1 N–H and O–H groups in total. The van der Waals surface area contributed by atoms with Crippen LogP contribution in [0.1, 0.15) is 22.3 Å². The number of aldehydes is 1. The van der Waals surface area contributed by atoms with E-state index in [1.54, 1.807) is 0 Å². The van der Waals surface area contributed by atoms with Gasteiger partial charge < -0.3 is 14.6 Å². The lowest BCUT2D eigenvalue weighted by molar-refractivity contribution is 0.0378. The van der Waals surface area contributed by atoms with Crippen LogP contribution in [0.2, 0.25) is 0 Å². The van der Waals surface area contributed by atoms with Gasteiger partial charge in [-0.05, 0) is 42.8 Å². The molecule has 3 heterocycles. The molecule has 0 aliphatic carbocycles. The number of benzene rings is 2. The number of anilines is 1. The van der Waals surface area contributed by atoms with Crippen molar-refractivity contribution in [3.63, 3.8) is 0 Å². The lowest BCUT2D eigenvalue weighted by atomic mass is 10.1. The minimum Gasteiger partial charge on any atom is -0.379 e. The second-order valence-electron chi connectivity index (χ2n) is 8.11. The first-order valence-corrected chi connectivity index (χ1v) is 11.1. The zero-order valence-corrected chi connectivity index (χ0v) is 18.0. The van der Waals surface area contributed by atoms with Crippen molar-refractivity contribution in [3.05, 3.63) is 65.9 Å². The van der Waals surface area contributed by atoms with Crippen molar-refractivity contribution in [2.24, 2.45) is 0 Å². The number of hydrogen-bond donors (Lipinski definition) is 1. The number of hydrogen-bond acceptors (Lipinski definition) is 6. The Balaban J connectivity index is 1.41. The number of para-hydroxylation sites is 1. The summed E-state index contributed by atoms with van der Waals surface area (Å²) in [6, 6.07) is 15.9. The van der Waals surface area contributed by atoms with Gasteiger partial charge in [-0.2, -0.15) is 0 Å². The number of carbonyl (C=O) groups excluding carboxylic acids is 1. The van der Waals surface area contributed by atoms with Crippen LogP contribution in [0.15, 0.2) is 54.7 Å². The highest BCUT2D eigenvalue weighted by atomic mass is 16.5. The van der Waals surface area contributed by atoms with Crippen molar-refractivity contribution in [3.8, 4) is 0 Å². The minimum absolute atomic E-state index is 0.624. The molecular weight excluding hydrogens is 402 g/mol. The Hall–Kier alpha value is -3.29. The molecule has 1 aliphatic heterocycles. The van der Waals surface area contributed by atoms with Gasteiger partial charge in [-0.25, -0.2) is 4.98 Å². The van der Waals surface area contributed by atoms with E-state index in [9.17, 15) is 4.79 Å². The number of morpholine rings is 1. The van der Waals surface area contributed by atoms with E-state index in [0.717, 1.165) is 85.5 Å². The highest BCUT2D eigenvalue weighted by molar-refractivity contribution is 5.87. The molecule has 0 amide bonds. The van der Waals surface area contributed by atoms with Gasteiger partial charge in [-0.3, -0.25) is 14.7 Å². The SMILES string of the molecule is O=Cc1ccc2nc(NCCCN3CCOCC3)n(Cc3cccc4cccnc34)c2c1. The van der Waals surface area contributed by atoms with Gasteiger partial charge in [0.15, 0.2) is 0 Å². The Kier molecular flexibility index (Phi) is 6.09. The molecule has 5 rings (SSSR count). The molecule has 0 atom stereocenters. The quantitative estimate of drug-likeness (QED) is 0.341. The molecule has 1 aliphatic rings. The fraction of sp³-hybridized carbons (Fsp3) is 0.320. The third kappa shape index (κ3) is 4.35. The van der Waals surface area contributed by atoms with Crippen LogP contribution in [-0.4, -0.2) is 65.1 Å². The van der Waals surface area contributed by atoms with E-state index in [1.807, 2.05) is 30.5 Å². The molecule has 0 bridgehead atoms. The average Bonchev–Trinajstić information content (AvgIpc) is 3.19. The third-order valence-electron chi connectivity index (χ3n) is 5.99. The van der Waals surface area contributed by atoms with Crippen LogP contribution in [0.25, 0.3) is 21.9 Å². The van der Waals surface area contributed by atoms with E-state index in [0.29, 0.717) is 12.1 Å². The van der Waals surface area contributed by atoms with Crippen LogP contribution in [-0.2, 0) is 11.3 Å². The van der Waals surface area contributed by atoms with Crippen LogP contribution >= 0.6 is 0 Å². The van der Waals surface area contributed by atoms with E-state index >= 15 is 0 Å². The van der Waals surface area contributed by atoms with Gasteiger partial charge in [0.1, 0.15) is 6.29 Å². The zero-order chi connectivity index (χ0) is 21.8. The molecular formula is C25H27N5O2. The van der Waals surface area contributed by atoms with Gasteiger partial charge in [0.05, 0.1) is 36.3 Å². The summed E-state index contributed by atoms with van der Waals surface area (Å²) in [6.45, 7) is 6.14. The van der Waals surface area contributed by atoms with E-state index in [-0.39, 0.29) is 0 Å². The number of nitrogens with one attached hydrogen (secondary N) is 1. The largest absolute Gasteiger partial charge is 0.379 e. The molecule has 2 aromatic heterocycles. The lowest BCUT2D eigenvalue weighted by Crippen LogP contribution is -2.37. The van der Waals surface area contributed by atoms with Crippen molar-refractivity contribution < 1.29 is 9.53 Å².